The summed E-state index contributed by atoms with van der Waals surface area (Å²) >= 11 is 0. The predicted octanol–water partition coefficient (Wildman–Crippen LogP) is 8.28. The molecule has 4 rings (SSSR count). The Labute approximate surface area is 408 Å². The molecule has 4 heterocycles. The van der Waals surface area contributed by atoms with Crippen LogP contribution in [-0.2, 0) is 47.6 Å². The zero-order valence-electron chi connectivity index (χ0n) is 41.8. The number of H-pyrrole nitrogens is 2. The third-order valence-corrected chi connectivity index (χ3v) is 12.2. The molecule has 2 saturated heterocycles. The van der Waals surface area contributed by atoms with Crippen molar-refractivity contribution in [3.05, 3.63) is 65.7 Å². The lowest BCUT2D eigenvalue weighted by molar-refractivity contribution is -0.160. The zero-order valence-corrected chi connectivity index (χ0v) is 41.8. The van der Waals surface area contributed by atoms with Crippen molar-refractivity contribution in [2.45, 2.75) is 232 Å². The summed E-state index contributed by atoms with van der Waals surface area (Å²) in [6.07, 6.45) is 17.4. The highest BCUT2D eigenvalue weighted by Crippen LogP contribution is 2.32. The van der Waals surface area contributed by atoms with Gasteiger partial charge in [-0.05, 0) is 25.7 Å². The molecule has 0 spiro atoms. The first-order chi connectivity index (χ1) is 33.7. The van der Waals surface area contributed by atoms with Crippen molar-refractivity contribution < 1.29 is 56.4 Å². The van der Waals surface area contributed by atoms with Gasteiger partial charge < -0.3 is 28.4 Å². The van der Waals surface area contributed by atoms with Crippen molar-refractivity contribution in [2.75, 3.05) is 13.2 Å². The van der Waals surface area contributed by atoms with Crippen LogP contribution in [0.2, 0.25) is 0 Å². The largest absolute Gasteiger partial charge is 0.463 e. The Morgan fingerprint density at radius 3 is 1.11 bits per heavy atom. The van der Waals surface area contributed by atoms with Crippen LogP contribution < -0.4 is 22.5 Å². The summed E-state index contributed by atoms with van der Waals surface area (Å²) in [4.78, 5) is 99.9. The molecule has 2 aliphatic rings. The topological polar surface area (TPSA) is 233 Å². The van der Waals surface area contributed by atoms with Gasteiger partial charge in [0, 0.05) is 38.5 Å². The fraction of sp³-hybridized carbons (Fsp3) is 0.760. The molecule has 0 bridgehead atoms. The Hall–Kier alpha value is -4.98. The van der Waals surface area contributed by atoms with Crippen molar-refractivity contribution in [3.63, 3.8) is 0 Å². The number of aromatic nitrogens is 4. The summed E-state index contributed by atoms with van der Waals surface area (Å²) in [7, 11) is 0. The van der Waals surface area contributed by atoms with E-state index in [2.05, 4.69) is 27.7 Å². The van der Waals surface area contributed by atoms with Crippen LogP contribution in [0.4, 0.5) is 8.78 Å². The van der Waals surface area contributed by atoms with Gasteiger partial charge in [-0.1, -0.05) is 130 Å². The molecule has 70 heavy (non-hydrogen) atoms. The number of esters is 4. The Balaban J connectivity index is 0.000000370. The third-order valence-electron chi connectivity index (χ3n) is 12.2. The van der Waals surface area contributed by atoms with E-state index in [1.807, 2.05) is 9.97 Å². The van der Waals surface area contributed by atoms with Crippen LogP contribution in [-0.4, -0.2) is 80.6 Å². The van der Waals surface area contributed by atoms with E-state index in [1.165, 1.54) is 0 Å². The predicted molar refractivity (Wildman–Crippen MR) is 255 cm³/mol. The van der Waals surface area contributed by atoms with Gasteiger partial charge in [0.2, 0.25) is 11.6 Å². The number of aromatic amines is 2. The highest BCUT2D eigenvalue weighted by molar-refractivity contribution is 5.70. The van der Waals surface area contributed by atoms with Crippen LogP contribution in [0.3, 0.4) is 0 Å². The lowest BCUT2D eigenvalue weighted by Gasteiger charge is -2.19. The van der Waals surface area contributed by atoms with E-state index >= 15 is 0 Å². The molecule has 2 aliphatic heterocycles. The minimum atomic E-state index is -1.13. The van der Waals surface area contributed by atoms with Gasteiger partial charge in [-0.25, -0.2) is 9.59 Å². The number of hydrogen-bond acceptors (Lipinski definition) is 14. The van der Waals surface area contributed by atoms with Gasteiger partial charge in [-0.3, -0.25) is 47.9 Å². The number of halogens is 2. The summed E-state index contributed by atoms with van der Waals surface area (Å²) in [6.45, 7) is 8.16. The number of unbranched alkanes of at least 4 members (excludes halogenated alkanes) is 16. The Bertz CT molecular complexity index is 1980. The molecule has 0 radical (unpaired) electrons. The highest BCUT2D eigenvalue weighted by atomic mass is 19.1. The summed E-state index contributed by atoms with van der Waals surface area (Å²) in [6, 6.07) is 0. The molecule has 0 aromatic carbocycles. The molecule has 0 saturated carbocycles. The van der Waals surface area contributed by atoms with Crippen molar-refractivity contribution in [3.8, 4) is 0 Å². The van der Waals surface area contributed by atoms with Gasteiger partial charge in [-0.15, -0.1) is 0 Å². The lowest BCUT2D eigenvalue weighted by Crippen LogP contribution is -2.34. The SMILES string of the molecule is CCCCCCCC(=O)OC[C@H]1O[C@@H](n2cc(F)c(=O)[nH]c2=O)C[C@@H]1OC(=O)CCCCCCC.CCCCCCCC(=O)OC[C@H]1O[C@@H](n2cc(F)c(=O)[nH]c2=O)C[C@@H]1OC(=O)CCCCCCC. The van der Waals surface area contributed by atoms with E-state index in [1.54, 1.807) is 0 Å². The number of nitrogens with one attached hydrogen (secondary N) is 2. The second-order valence-corrected chi connectivity index (χ2v) is 18.1. The van der Waals surface area contributed by atoms with Crippen molar-refractivity contribution in [2.24, 2.45) is 0 Å². The van der Waals surface area contributed by atoms with Crippen molar-refractivity contribution in [1.29, 1.82) is 0 Å². The minimum absolute atomic E-state index is 0.0617. The number of carbonyl (C=O) groups excluding carboxylic acids is 4. The standard InChI is InChI=1S/2C25H39FN2O7/c2*1-3-5-7-9-11-13-22(29)33-17-20-19(35-23(30)14-12-10-8-6-4-2)15-21(34-20)28-16-18(26)24(31)27-25(28)32/h2*16,19-21H,3-15,17H2,1-2H3,(H,27,31,32)/t2*19-,20+,21+/m00/s1. The molecule has 0 amide bonds. The molecule has 2 aromatic rings. The van der Waals surface area contributed by atoms with Crippen molar-refractivity contribution in [1.82, 2.24) is 19.1 Å². The fourth-order valence-electron chi connectivity index (χ4n) is 8.08. The molecule has 396 valence electrons. The van der Waals surface area contributed by atoms with E-state index in [-0.39, 0.29) is 63.7 Å². The molecule has 0 aliphatic carbocycles. The van der Waals surface area contributed by atoms with Crippen molar-refractivity contribution >= 4 is 23.9 Å². The maximum Gasteiger partial charge on any atom is 0.330 e. The number of nitrogens with zero attached hydrogens (tertiary/aromatic N) is 2. The Morgan fingerprint density at radius 1 is 0.500 bits per heavy atom. The molecular formula is C50H78F2N4O14. The third kappa shape index (κ3) is 22.0. The maximum atomic E-state index is 13.8. The lowest BCUT2D eigenvalue weighted by atomic mass is 10.1. The van der Waals surface area contributed by atoms with Gasteiger partial charge in [-0.2, -0.15) is 8.78 Å². The number of carbonyl (C=O) groups is 4. The van der Waals surface area contributed by atoms with Crippen LogP contribution in [0, 0.1) is 11.6 Å². The smallest absolute Gasteiger partial charge is 0.330 e. The van der Waals surface area contributed by atoms with Crippen LogP contribution >= 0.6 is 0 Å². The maximum absolute atomic E-state index is 13.8. The quantitative estimate of drug-likeness (QED) is 0.0399. The molecule has 2 fully saturated rings. The van der Waals surface area contributed by atoms with E-state index in [0.717, 1.165) is 137 Å². The molecular weight excluding hydrogens is 919 g/mol. The van der Waals surface area contributed by atoms with Gasteiger partial charge in [0.25, 0.3) is 11.1 Å². The number of rotatable bonds is 32. The number of ether oxygens (including phenoxy) is 6. The fourth-order valence-corrected chi connectivity index (χ4v) is 8.08. The van der Waals surface area contributed by atoms with Gasteiger partial charge in [0.1, 0.15) is 50.1 Å². The second kappa shape index (κ2) is 33.6. The Morgan fingerprint density at radius 2 is 0.800 bits per heavy atom. The van der Waals surface area contributed by atoms with E-state index in [0.29, 0.717) is 12.8 Å². The van der Waals surface area contributed by atoms with Crippen LogP contribution in [0.5, 0.6) is 0 Å². The first-order valence-electron chi connectivity index (χ1n) is 25.7. The minimum Gasteiger partial charge on any atom is -0.463 e. The first kappa shape index (κ1) is 59.3. The molecule has 2 aromatic heterocycles. The zero-order chi connectivity index (χ0) is 51.3. The van der Waals surface area contributed by atoms with E-state index in [9.17, 15) is 47.1 Å². The van der Waals surface area contributed by atoms with Crippen LogP contribution in [0.1, 0.15) is 207 Å². The average molecular weight is 997 g/mol. The normalized spacial score (nSPS) is 19.6. The summed E-state index contributed by atoms with van der Waals surface area (Å²) in [5.74, 6) is -3.81. The summed E-state index contributed by atoms with van der Waals surface area (Å²) in [5.41, 5.74) is -3.93. The Kier molecular flexibility index (Phi) is 28.5. The molecule has 18 nitrogen and oxygen atoms in total. The molecule has 6 atom stereocenters. The molecule has 0 unspecified atom stereocenters. The second-order valence-electron chi connectivity index (χ2n) is 18.1. The van der Waals surface area contributed by atoms with Crippen LogP contribution in [0.25, 0.3) is 0 Å². The highest BCUT2D eigenvalue weighted by Gasteiger charge is 2.41. The monoisotopic (exact) mass is 997 g/mol. The summed E-state index contributed by atoms with van der Waals surface area (Å²) < 4.78 is 62.9. The number of hydrogen-bond donors (Lipinski definition) is 2. The van der Waals surface area contributed by atoms with E-state index in [4.69, 9.17) is 28.4 Å². The summed E-state index contributed by atoms with van der Waals surface area (Å²) in [5, 5.41) is 0. The van der Waals surface area contributed by atoms with Gasteiger partial charge >= 0.3 is 35.3 Å². The van der Waals surface area contributed by atoms with E-state index < -0.39 is 82.9 Å². The average Bonchev–Trinajstić information content (AvgIpc) is 3.92. The van der Waals surface area contributed by atoms with Crippen LogP contribution in [0.15, 0.2) is 31.6 Å². The van der Waals surface area contributed by atoms with Gasteiger partial charge in [0.05, 0.1) is 12.4 Å². The first-order valence-corrected chi connectivity index (χ1v) is 25.7. The molecule has 20 heteroatoms. The molecule has 2 N–H and O–H groups in total. The van der Waals surface area contributed by atoms with Gasteiger partial charge in [0.15, 0.2) is 0 Å².